The Hall–Kier alpha value is -1.79. The number of benzene rings is 1. The molecule has 0 spiro atoms. The van der Waals surface area contributed by atoms with E-state index in [4.69, 9.17) is 16.3 Å². The standard InChI is InChI=1S/C12H11ClN2O3S/c1-6-10(11(16)17)19-12(14-6)15-7-3-4-9(18-2)8(13)5-7/h3-5H,1-2H3,(H,14,15)(H,16,17)/p-1. The molecular formula is C12H10ClN2O3S-. The van der Waals surface area contributed by atoms with Crippen LogP contribution in [0.3, 0.4) is 0 Å². The number of aryl methyl sites for hydroxylation is 1. The maximum Gasteiger partial charge on any atom is 0.188 e. The number of carboxylic acids is 1. The van der Waals surface area contributed by atoms with Crippen LogP contribution in [0.2, 0.25) is 5.02 Å². The molecule has 1 aromatic carbocycles. The van der Waals surface area contributed by atoms with E-state index >= 15 is 0 Å². The Morgan fingerprint density at radius 1 is 1.53 bits per heavy atom. The van der Waals surface area contributed by atoms with Gasteiger partial charge >= 0.3 is 0 Å². The van der Waals surface area contributed by atoms with Gasteiger partial charge in [0.1, 0.15) is 5.75 Å². The number of hydrogen-bond donors (Lipinski definition) is 1. The van der Waals surface area contributed by atoms with Gasteiger partial charge in [-0.1, -0.05) is 22.9 Å². The average molecular weight is 298 g/mol. The Labute approximate surface area is 118 Å². The minimum absolute atomic E-state index is 0.113. The lowest BCUT2D eigenvalue weighted by molar-refractivity contribution is -0.254. The fourth-order valence-corrected chi connectivity index (χ4v) is 2.59. The summed E-state index contributed by atoms with van der Waals surface area (Å²) >= 11 is 7.02. The first-order chi connectivity index (χ1) is 9.01. The van der Waals surface area contributed by atoms with Crippen molar-refractivity contribution in [3.8, 4) is 5.75 Å². The molecule has 19 heavy (non-hydrogen) atoms. The number of ether oxygens (including phenoxy) is 1. The van der Waals surface area contributed by atoms with E-state index < -0.39 is 5.97 Å². The third-order valence-corrected chi connectivity index (χ3v) is 3.73. The van der Waals surface area contributed by atoms with Gasteiger partial charge in [0.2, 0.25) is 0 Å². The number of aromatic carboxylic acids is 1. The molecule has 2 rings (SSSR count). The van der Waals surface area contributed by atoms with Gasteiger partial charge in [-0.25, -0.2) is 4.98 Å². The van der Waals surface area contributed by atoms with Gasteiger partial charge in [-0.15, -0.1) is 0 Å². The number of nitrogens with one attached hydrogen (secondary N) is 1. The van der Waals surface area contributed by atoms with Gasteiger partial charge in [0, 0.05) is 5.69 Å². The van der Waals surface area contributed by atoms with E-state index in [1.807, 2.05) is 0 Å². The van der Waals surface area contributed by atoms with Crippen molar-refractivity contribution in [1.29, 1.82) is 0 Å². The highest BCUT2D eigenvalue weighted by atomic mass is 35.5. The minimum atomic E-state index is -1.23. The quantitative estimate of drug-likeness (QED) is 0.936. The number of anilines is 2. The second-order valence-corrected chi connectivity index (χ2v) is 5.10. The van der Waals surface area contributed by atoms with Crippen LogP contribution in [-0.4, -0.2) is 18.1 Å². The number of carboxylic acid groups (broad SMARTS) is 1. The van der Waals surface area contributed by atoms with Gasteiger partial charge in [-0.05, 0) is 25.1 Å². The predicted molar refractivity (Wildman–Crippen MR) is 72.5 cm³/mol. The van der Waals surface area contributed by atoms with Crippen LogP contribution in [0.5, 0.6) is 5.75 Å². The molecule has 0 saturated heterocycles. The van der Waals surface area contributed by atoms with Crippen LogP contribution >= 0.6 is 22.9 Å². The van der Waals surface area contributed by atoms with Crippen LogP contribution in [0.15, 0.2) is 18.2 Å². The van der Waals surface area contributed by atoms with Crippen molar-refractivity contribution in [2.75, 3.05) is 12.4 Å². The fraction of sp³-hybridized carbons (Fsp3) is 0.167. The molecule has 7 heteroatoms. The first kappa shape index (κ1) is 13.6. The average Bonchev–Trinajstić information content (AvgIpc) is 2.70. The van der Waals surface area contributed by atoms with Crippen LogP contribution in [0, 0.1) is 6.92 Å². The lowest BCUT2D eigenvalue weighted by Crippen LogP contribution is -2.21. The van der Waals surface area contributed by atoms with Crippen molar-refractivity contribution in [2.24, 2.45) is 0 Å². The number of aromatic nitrogens is 1. The first-order valence-electron chi connectivity index (χ1n) is 5.30. The SMILES string of the molecule is COc1ccc(Nc2nc(C)c(C(=O)[O-])s2)cc1Cl. The zero-order valence-electron chi connectivity index (χ0n) is 10.2. The number of rotatable bonds is 4. The van der Waals surface area contributed by atoms with Gasteiger partial charge in [-0.2, -0.15) is 0 Å². The largest absolute Gasteiger partial charge is 0.544 e. The molecule has 0 radical (unpaired) electrons. The summed E-state index contributed by atoms with van der Waals surface area (Å²) in [5.41, 5.74) is 1.12. The highest BCUT2D eigenvalue weighted by molar-refractivity contribution is 7.17. The van der Waals surface area contributed by atoms with E-state index in [9.17, 15) is 9.90 Å². The Bertz CT molecular complexity index is 627. The Balaban J connectivity index is 2.24. The number of halogens is 1. The number of nitrogens with zero attached hydrogens (tertiary/aromatic N) is 1. The van der Waals surface area contributed by atoms with Crippen molar-refractivity contribution in [3.63, 3.8) is 0 Å². The van der Waals surface area contributed by atoms with Gasteiger partial charge in [0.25, 0.3) is 0 Å². The third kappa shape index (κ3) is 2.97. The van der Waals surface area contributed by atoms with Gasteiger partial charge in [0.15, 0.2) is 5.13 Å². The molecule has 2 aromatic rings. The molecule has 5 nitrogen and oxygen atoms in total. The summed E-state index contributed by atoms with van der Waals surface area (Å²) in [6, 6.07) is 5.15. The monoisotopic (exact) mass is 297 g/mol. The Morgan fingerprint density at radius 3 is 2.79 bits per heavy atom. The molecule has 0 amide bonds. The van der Waals surface area contributed by atoms with Crippen molar-refractivity contribution in [2.45, 2.75) is 6.92 Å². The zero-order valence-corrected chi connectivity index (χ0v) is 11.8. The number of methoxy groups -OCH3 is 1. The summed E-state index contributed by atoms with van der Waals surface area (Å²) in [6.45, 7) is 1.62. The molecule has 0 aliphatic heterocycles. The van der Waals surface area contributed by atoms with Crippen molar-refractivity contribution in [1.82, 2.24) is 4.98 Å². The first-order valence-corrected chi connectivity index (χ1v) is 6.50. The second-order valence-electron chi connectivity index (χ2n) is 3.70. The molecule has 0 atom stereocenters. The topological polar surface area (TPSA) is 74.3 Å². The van der Waals surface area contributed by atoms with E-state index in [0.29, 0.717) is 27.3 Å². The molecule has 1 aromatic heterocycles. The third-order valence-electron chi connectivity index (χ3n) is 2.39. The highest BCUT2D eigenvalue weighted by Gasteiger charge is 2.09. The van der Waals surface area contributed by atoms with E-state index in [0.717, 1.165) is 11.3 Å². The van der Waals surface area contributed by atoms with Gasteiger partial charge < -0.3 is 20.0 Å². The van der Waals surface area contributed by atoms with Gasteiger partial charge in [0.05, 0.1) is 28.7 Å². The van der Waals surface area contributed by atoms with Crippen LogP contribution < -0.4 is 15.2 Å². The molecule has 0 fully saturated rings. The molecule has 1 heterocycles. The van der Waals surface area contributed by atoms with Crippen LogP contribution in [0.25, 0.3) is 0 Å². The molecule has 0 aliphatic rings. The summed E-state index contributed by atoms with van der Waals surface area (Å²) in [5.74, 6) is -0.659. The molecule has 0 saturated carbocycles. The van der Waals surface area contributed by atoms with E-state index in [1.54, 1.807) is 25.1 Å². The Kier molecular flexibility index (Phi) is 3.92. The van der Waals surface area contributed by atoms with Crippen LogP contribution in [-0.2, 0) is 0 Å². The number of thiazole rings is 1. The highest BCUT2D eigenvalue weighted by Crippen LogP contribution is 2.30. The normalized spacial score (nSPS) is 10.3. The lowest BCUT2D eigenvalue weighted by Gasteiger charge is -2.06. The maximum atomic E-state index is 10.8. The molecule has 0 bridgehead atoms. The summed E-state index contributed by atoms with van der Waals surface area (Å²) in [4.78, 5) is 15.0. The molecular weight excluding hydrogens is 288 g/mol. The zero-order chi connectivity index (χ0) is 14.0. The van der Waals surface area contributed by atoms with E-state index in [2.05, 4.69) is 10.3 Å². The van der Waals surface area contributed by atoms with Crippen LogP contribution in [0.1, 0.15) is 15.4 Å². The smallest absolute Gasteiger partial charge is 0.188 e. The number of carbonyl (C=O) groups excluding carboxylic acids is 1. The van der Waals surface area contributed by atoms with Crippen molar-refractivity contribution >= 4 is 39.7 Å². The molecule has 100 valence electrons. The summed E-state index contributed by atoms with van der Waals surface area (Å²) in [6.07, 6.45) is 0. The molecule has 1 N–H and O–H groups in total. The van der Waals surface area contributed by atoms with Crippen LogP contribution in [0.4, 0.5) is 10.8 Å². The van der Waals surface area contributed by atoms with Crippen molar-refractivity contribution in [3.05, 3.63) is 33.8 Å². The predicted octanol–water partition coefficient (Wildman–Crippen LogP) is 2.22. The lowest BCUT2D eigenvalue weighted by atomic mass is 10.3. The second kappa shape index (κ2) is 5.46. The summed E-state index contributed by atoms with van der Waals surface area (Å²) in [5, 5.41) is 14.7. The number of carbonyl (C=O) groups is 1. The summed E-state index contributed by atoms with van der Waals surface area (Å²) in [7, 11) is 1.53. The van der Waals surface area contributed by atoms with Gasteiger partial charge in [-0.3, -0.25) is 0 Å². The van der Waals surface area contributed by atoms with Crippen molar-refractivity contribution < 1.29 is 14.6 Å². The maximum absolute atomic E-state index is 10.8. The number of hydrogen-bond acceptors (Lipinski definition) is 6. The van der Waals surface area contributed by atoms with E-state index in [-0.39, 0.29) is 4.88 Å². The minimum Gasteiger partial charge on any atom is -0.544 e. The molecule has 0 aliphatic carbocycles. The summed E-state index contributed by atoms with van der Waals surface area (Å²) < 4.78 is 5.05. The fourth-order valence-electron chi connectivity index (χ4n) is 1.51. The molecule has 0 unspecified atom stereocenters. The Morgan fingerprint density at radius 2 is 2.26 bits per heavy atom. The van der Waals surface area contributed by atoms with E-state index in [1.165, 1.54) is 7.11 Å².